The summed E-state index contributed by atoms with van der Waals surface area (Å²) in [5.41, 5.74) is 1.19. The summed E-state index contributed by atoms with van der Waals surface area (Å²) in [4.78, 5) is 14.5. The lowest BCUT2D eigenvalue weighted by molar-refractivity contribution is 0.573. The fourth-order valence-corrected chi connectivity index (χ4v) is 4.65. The van der Waals surface area contributed by atoms with E-state index in [4.69, 9.17) is 22.2 Å². The first-order chi connectivity index (χ1) is 15.2. The molecule has 0 amide bonds. The lowest BCUT2D eigenvalue weighted by atomic mass is 10.1. The lowest BCUT2D eigenvalue weighted by Crippen LogP contribution is -2.34. The monoisotopic (exact) mass is 438 g/mol. The van der Waals surface area contributed by atoms with Crippen LogP contribution < -0.4 is 20.4 Å². The highest BCUT2D eigenvalue weighted by Gasteiger charge is 2.19. The molecule has 2 aliphatic heterocycles. The Morgan fingerprint density at radius 3 is 1.90 bits per heavy atom. The quantitative estimate of drug-likeness (QED) is 0.644. The summed E-state index contributed by atoms with van der Waals surface area (Å²) in [6.45, 7) is 6.34. The Balaban J connectivity index is 1.52. The van der Waals surface area contributed by atoms with E-state index < -0.39 is 0 Å². The molecule has 3 heterocycles. The van der Waals surface area contributed by atoms with Gasteiger partial charge in [0.05, 0.1) is 6.04 Å². The van der Waals surface area contributed by atoms with Crippen LogP contribution in [-0.4, -0.2) is 41.3 Å². The van der Waals surface area contributed by atoms with Crippen LogP contribution in [0.4, 0.5) is 17.6 Å². The van der Waals surface area contributed by atoms with Gasteiger partial charge in [0.2, 0.25) is 5.95 Å². The summed E-state index contributed by atoms with van der Waals surface area (Å²) < 4.78 is 0. The molecule has 0 radical (unpaired) electrons. The Morgan fingerprint density at radius 1 is 0.839 bits per heavy atom. The zero-order valence-electron chi connectivity index (χ0n) is 18.5. The third kappa shape index (κ3) is 6.06. The van der Waals surface area contributed by atoms with Crippen LogP contribution in [0.2, 0.25) is 0 Å². The van der Waals surface area contributed by atoms with Crippen molar-refractivity contribution < 1.29 is 0 Å². The van der Waals surface area contributed by atoms with Crippen molar-refractivity contribution in [2.45, 2.75) is 57.9 Å². The Kier molecular flexibility index (Phi) is 7.57. The molecule has 1 aromatic carbocycles. The molecular weight excluding hydrogens is 404 g/mol. The highest BCUT2D eigenvalue weighted by atomic mass is 32.1. The molecule has 1 aromatic heterocycles. The van der Waals surface area contributed by atoms with Crippen LogP contribution in [0.5, 0.6) is 0 Å². The Hall–Kier alpha value is -2.41. The Labute approximate surface area is 191 Å². The van der Waals surface area contributed by atoms with Gasteiger partial charge in [-0.1, -0.05) is 43.2 Å². The molecule has 1 atom stereocenters. The highest BCUT2D eigenvalue weighted by Crippen LogP contribution is 2.26. The van der Waals surface area contributed by atoms with Crippen LogP contribution in [0.1, 0.15) is 63.5 Å². The molecule has 2 aromatic rings. The van der Waals surface area contributed by atoms with E-state index in [-0.39, 0.29) is 6.04 Å². The molecule has 4 rings (SSSR count). The molecule has 7 heteroatoms. The predicted octanol–water partition coefficient (Wildman–Crippen LogP) is 4.89. The number of nitrogens with one attached hydrogen (secondary N) is 2. The van der Waals surface area contributed by atoms with Crippen molar-refractivity contribution in [3.05, 3.63) is 42.0 Å². The van der Waals surface area contributed by atoms with Gasteiger partial charge in [0, 0.05) is 32.2 Å². The number of hydrogen-bond donors (Lipinski definition) is 2. The second-order valence-corrected chi connectivity index (χ2v) is 9.00. The minimum absolute atomic E-state index is 0.108. The number of nitrogens with zero attached hydrogens (tertiary/aromatic N) is 4. The number of rotatable bonds is 5. The van der Waals surface area contributed by atoms with Crippen molar-refractivity contribution >= 4 is 34.9 Å². The van der Waals surface area contributed by atoms with E-state index in [0.717, 1.165) is 37.8 Å². The predicted molar refractivity (Wildman–Crippen MR) is 133 cm³/mol. The molecule has 0 aliphatic carbocycles. The molecule has 2 saturated heterocycles. The zero-order chi connectivity index (χ0) is 21.5. The molecule has 0 bridgehead atoms. The van der Waals surface area contributed by atoms with Gasteiger partial charge in [-0.2, -0.15) is 9.97 Å². The standard InChI is InChI=1S/C24H34N6S/c1-19(20-12-6-4-7-13-20)25-24(31)28-23-26-21(29-14-8-2-3-9-15-29)18-22(27-23)30-16-10-5-11-17-30/h4,6-7,12-13,18-19H,2-3,5,8-11,14-17H2,1H3,(H2,25,26,27,28,31). The smallest absolute Gasteiger partial charge is 0.232 e. The first-order valence-corrected chi connectivity index (χ1v) is 12.1. The molecule has 2 N–H and O–H groups in total. The summed E-state index contributed by atoms with van der Waals surface area (Å²) in [6, 6.07) is 12.6. The fraction of sp³-hybridized carbons (Fsp3) is 0.542. The van der Waals surface area contributed by atoms with Crippen LogP contribution in [0.15, 0.2) is 36.4 Å². The highest BCUT2D eigenvalue weighted by molar-refractivity contribution is 7.80. The first-order valence-electron chi connectivity index (χ1n) is 11.7. The van der Waals surface area contributed by atoms with Gasteiger partial charge in [-0.3, -0.25) is 0 Å². The van der Waals surface area contributed by atoms with Gasteiger partial charge < -0.3 is 20.4 Å². The van der Waals surface area contributed by atoms with E-state index >= 15 is 0 Å². The van der Waals surface area contributed by atoms with Crippen molar-refractivity contribution in [2.24, 2.45) is 0 Å². The van der Waals surface area contributed by atoms with Crippen molar-refractivity contribution in [1.29, 1.82) is 0 Å². The molecular formula is C24H34N6S. The van der Waals surface area contributed by atoms with Crippen molar-refractivity contribution in [1.82, 2.24) is 15.3 Å². The maximum atomic E-state index is 5.60. The molecule has 31 heavy (non-hydrogen) atoms. The second-order valence-electron chi connectivity index (χ2n) is 8.59. The van der Waals surface area contributed by atoms with E-state index in [9.17, 15) is 0 Å². The van der Waals surface area contributed by atoms with Crippen molar-refractivity contribution in [3.8, 4) is 0 Å². The third-order valence-corrected chi connectivity index (χ3v) is 6.40. The summed E-state index contributed by atoms with van der Waals surface area (Å²) in [5, 5.41) is 7.18. The van der Waals surface area contributed by atoms with E-state index in [0.29, 0.717) is 11.1 Å². The number of piperidine rings is 1. The first kappa shape index (κ1) is 21.8. The van der Waals surface area contributed by atoms with E-state index in [1.54, 1.807) is 0 Å². The number of anilines is 3. The molecule has 6 nitrogen and oxygen atoms in total. The van der Waals surface area contributed by atoms with Gasteiger partial charge in [-0.05, 0) is 56.8 Å². The third-order valence-electron chi connectivity index (χ3n) is 6.18. The summed E-state index contributed by atoms with van der Waals surface area (Å²) in [5.74, 6) is 2.61. The van der Waals surface area contributed by atoms with E-state index in [2.05, 4.69) is 45.6 Å². The van der Waals surface area contributed by atoms with Crippen LogP contribution in [0.3, 0.4) is 0 Å². The van der Waals surface area contributed by atoms with Crippen LogP contribution in [-0.2, 0) is 0 Å². The summed E-state index contributed by atoms with van der Waals surface area (Å²) in [7, 11) is 0. The number of thiocarbonyl (C=S) groups is 1. The molecule has 166 valence electrons. The SMILES string of the molecule is CC(NC(=S)Nc1nc(N2CCCCCC2)cc(N2CCCCC2)n1)c1ccccc1. The average Bonchev–Trinajstić information content (AvgIpc) is 3.10. The van der Waals surface area contributed by atoms with E-state index in [1.165, 1.54) is 50.5 Å². The summed E-state index contributed by atoms with van der Waals surface area (Å²) in [6.07, 6.45) is 8.80. The van der Waals surface area contributed by atoms with Crippen LogP contribution >= 0.6 is 12.2 Å². The molecule has 2 fully saturated rings. The van der Waals surface area contributed by atoms with Gasteiger partial charge in [0.15, 0.2) is 5.11 Å². The number of benzene rings is 1. The van der Waals surface area contributed by atoms with E-state index in [1.807, 2.05) is 18.2 Å². The Bertz CT molecular complexity index is 844. The zero-order valence-corrected chi connectivity index (χ0v) is 19.3. The summed E-state index contributed by atoms with van der Waals surface area (Å²) >= 11 is 5.60. The minimum atomic E-state index is 0.108. The fourth-order valence-electron chi connectivity index (χ4n) is 4.38. The topological polar surface area (TPSA) is 56.3 Å². The molecule has 2 aliphatic rings. The van der Waals surface area contributed by atoms with Gasteiger partial charge in [0.25, 0.3) is 0 Å². The number of hydrogen-bond acceptors (Lipinski definition) is 5. The average molecular weight is 439 g/mol. The molecule has 0 spiro atoms. The second kappa shape index (κ2) is 10.8. The maximum absolute atomic E-state index is 5.60. The minimum Gasteiger partial charge on any atom is -0.356 e. The number of aromatic nitrogens is 2. The largest absolute Gasteiger partial charge is 0.356 e. The molecule has 1 unspecified atom stereocenters. The van der Waals surface area contributed by atoms with Gasteiger partial charge in [-0.25, -0.2) is 0 Å². The Morgan fingerprint density at radius 2 is 1.35 bits per heavy atom. The van der Waals surface area contributed by atoms with Crippen LogP contribution in [0.25, 0.3) is 0 Å². The van der Waals surface area contributed by atoms with Gasteiger partial charge in [0.1, 0.15) is 11.6 Å². The maximum Gasteiger partial charge on any atom is 0.232 e. The van der Waals surface area contributed by atoms with Crippen molar-refractivity contribution in [3.63, 3.8) is 0 Å². The molecule has 0 saturated carbocycles. The van der Waals surface area contributed by atoms with Crippen LogP contribution in [0, 0.1) is 0 Å². The van der Waals surface area contributed by atoms with Crippen molar-refractivity contribution in [2.75, 3.05) is 41.3 Å². The van der Waals surface area contributed by atoms with Gasteiger partial charge in [-0.15, -0.1) is 0 Å². The normalized spacial score (nSPS) is 18.2. The van der Waals surface area contributed by atoms with Gasteiger partial charge >= 0.3 is 0 Å². The lowest BCUT2D eigenvalue weighted by Gasteiger charge is -2.30.